The Balaban J connectivity index is 1.59. The van der Waals surface area contributed by atoms with Crippen molar-refractivity contribution >= 4 is 39.9 Å². The number of carbonyl (C=O) groups excluding carboxylic acids is 2. The summed E-state index contributed by atoms with van der Waals surface area (Å²) >= 11 is 1.39. The van der Waals surface area contributed by atoms with E-state index in [1.54, 1.807) is 35.8 Å². The van der Waals surface area contributed by atoms with Gasteiger partial charge in [-0.15, -0.1) is 11.3 Å². The van der Waals surface area contributed by atoms with Gasteiger partial charge in [-0.1, -0.05) is 6.07 Å². The summed E-state index contributed by atoms with van der Waals surface area (Å²) in [5.41, 5.74) is 2.96. The first-order valence-electron chi connectivity index (χ1n) is 8.42. The van der Waals surface area contributed by atoms with Crippen molar-refractivity contribution in [3.8, 4) is 10.6 Å². The normalized spacial score (nSPS) is 10.8. The summed E-state index contributed by atoms with van der Waals surface area (Å²) in [6.45, 7) is 0. The number of amides is 1. The molecule has 1 amide bonds. The number of benzene rings is 1. The molecule has 1 N–H and O–H groups in total. The molecule has 4 rings (SSSR count). The second-order valence-electron chi connectivity index (χ2n) is 6.09. The fraction of sp³-hybridized carbons (Fsp3) is 0.100. The van der Waals surface area contributed by atoms with Crippen molar-refractivity contribution in [1.82, 2.24) is 14.5 Å². The lowest BCUT2D eigenvalue weighted by molar-refractivity contribution is 0.0600. The molecule has 4 aromatic rings. The van der Waals surface area contributed by atoms with Crippen LogP contribution in [0.25, 0.3) is 21.6 Å². The van der Waals surface area contributed by atoms with Crippen molar-refractivity contribution < 1.29 is 14.3 Å². The van der Waals surface area contributed by atoms with Crippen LogP contribution in [-0.2, 0) is 11.8 Å². The molecule has 1 aromatic carbocycles. The number of carbonyl (C=O) groups is 2. The van der Waals surface area contributed by atoms with Crippen LogP contribution in [0.3, 0.4) is 0 Å². The van der Waals surface area contributed by atoms with E-state index in [2.05, 4.69) is 15.3 Å². The Labute approximate surface area is 164 Å². The maximum Gasteiger partial charge on any atom is 0.337 e. The number of aryl methyl sites for hydroxylation is 1. The van der Waals surface area contributed by atoms with Crippen LogP contribution in [0.15, 0.2) is 54.2 Å². The molecule has 0 saturated heterocycles. The number of esters is 1. The summed E-state index contributed by atoms with van der Waals surface area (Å²) < 4.78 is 6.64. The summed E-state index contributed by atoms with van der Waals surface area (Å²) in [4.78, 5) is 33.1. The van der Waals surface area contributed by atoms with Gasteiger partial charge in [-0.05, 0) is 30.3 Å². The van der Waals surface area contributed by atoms with Gasteiger partial charge >= 0.3 is 5.97 Å². The van der Waals surface area contributed by atoms with Gasteiger partial charge in [0.05, 0.1) is 12.7 Å². The van der Waals surface area contributed by atoms with Gasteiger partial charge < -0.3 is 14.6 Å². The molecule has 3 heterocycles. The minimum absolute atomic E-state index is 0.310. The zero-order valence-electron chi connectivity index (χ0n) is 15.2. The maximum atomic E-state index is 12.6. The van der Waals surface area contributed by atoms with E-state index in [9.17, 15) is 9.59 Å². The molecular formula is C20H16N4O3S. The molecule has 0 aliphatic rings. The Kier molecular flexibility index (Phi) is 4.62. The average molecular weight is 392 g/mol. The smallest absolute Gasteiger partial charge is 0.337 e. The van der Waals surface area contributed by atoms with Crippen molar-refractivity contribution in [2.24, 2.45) is 7.05 Å². The lowest BCUT2D eigenvalue weighted by atomic mass is 10.2. The van der Waals surface area contributed by atoms with Crippen LogP contribution in [0.4, 0.5) is 5.69 Å². The molecule has 0 aliphatic heterocycles. The summed E-state index contributed by atoms with van der Waals surface area (Å²) in [6.07, 6.45) is 3.70. The van der Waals surface area contributed by atoms with Crippen LogP contribution in [0, 0.1) is 0 Å². The van der Waals surface area contributed by atoms with Gasteiger partial charge in [0.2, 0.25) is 0 Å². The Morgan fingerprint density at radius 2 is 2.07 bits per heavy atom. The lowest BCUT2D eigenvalue weighted by Crippen LogP contribution is -2.13. The molecule has 7 nitrogen and oxygen atoms in total. The summed E-state index contributed by atoms with van der Waals surface area (Å²) in [7, 11) is 3.24. The molecule has 0 atom stereocenters. The third-order valence-electron chi connectivity index (χ3n) is 4.24. The molecule has 8 heteroatoms. The van der Waals surface area contributed by atoms with E-state index < -0.39 is 5.97 Å². The van der Waals surface area contributed by atoms with Crippen molar-refractivity contribution in [1.29, 1.82) is 0 Å². The number of nitrogens with zero attached hydrogens (tertiary/aromatic N) is 3. The van der Waals surface area contributed by atoms with Gasteiger partial charge in [0.25, 0.3) is 5.91 Å². The molecule has 0 saturated carbocycles. The van der Waals surface area contributed by atoms with Crippen LogP contribution in [-0.4, -0.2) is 33.5 Å². The highest BCUT2D eigenvalue weighted by atomic mass is 32.1. The summed E-state index contributed by atoms with van der Waals surface area (Å²) in [6, 6.07) is 10.4. The standard InChI is InChI=1S/C20H16N4O3S/c1-24-10-15(14-7-4-8-21-17(14)24)19-23-16(11-28-19)18(25)22-13-6-3-5-12(9-13)20(26)27-2/h3-11H,1-2H3,(H,22,25). The largest absolute Gasteiger partial charge is 0.465 e. The van der Waals surface area contributed by atoms with Crippen LogP contribution >= 0.6 is 11.3 Å². The fourth-order valence-corrected chi connectivity index (χ4v) is 3.75. The highest BCUT2D eigenvalue weighted by Gasteiger charge is 2.16. The second kappa shape index (κ2) is 7.24. The molecular weight excluding hydrogens is 376 g/mol. The zero-order valence-corrected chi connectivity index (χ0v) is 16.0. The number of pyridine rings is 1. The number of aromatic nitrogens is 3. The minimum Gasteiger partial charge on any atom is -0.465 e. The Hall–Kier alpha value is -3.52. The number of ether oxygens (including phenoxy) is 1. The number of rotatable bonds is 4. The highest BCUT2D eigenvalue weighted by Crippen LogP contribution is 2.31. The van der Waals surface area contributed by atoms with Gasteiger partial charge in [-0.2, -0.15) is 0 Å². The number of hydrogen-bond donors (Lipinski definition) is 1. The van der Waals surface area contributed by atoms with Crippen LogP contribution in [0.5, 0.6) is 0 Å². The van der Waals surface area contributed by atoms with Gasteiger partial charge in [0.1, 0.15) is 16.3 Å². The highest BCUT2D eigenvalue weighted by molar-refractivity contribution is 7.13. The molecule has 0 bridgehead atoms. The monoisotopic (exact) mass is 392 g/mol. The minimum atomic E-state index is -0.461. The molecule has 0 spiro atoms. The number of anilines is 1. The van der Waals surface area contributed by atoms with E-state index in [0.29, 0.717) is 16.9 Å². The van der Waals surface area contributed by atoms with Gasteiger partial charge in [-0.25, -0.2) is 14.8 Å². The molecule has 140 valence electrons. The van der Waals surface area contributed by atoms with Crippen molar-refractivity contribution in [3.05, 3.63) is 65.4 Å². The fourth-order valence-electron chi connectivity index (χ4n) is 2.92. The molecule has 0 unspecified atom stereocenters. The summed E-state index contributed by atoms with van der Waals surface area (Å²) in [5, 5.41) is 6.20. The Bertz CT molecular complexity index is 1200. The van der Waals surface area contributed by atoms with Crippen molar-refractivity contribution in [3.63, 3.8) is 0 Å². The number of nitrogens with one attached hydrogen (secondary N) is 1. The van der Waals surface area contributed by atoms with E-state index in [0.717, 1.165) is 21.6 Å². The van der Waals surface area contributed by atoms with Crippen molar-refractivity contribution in [2.45, 2.75) is 0 Å². The SMILES string of the molecule is COC(=O)c1cccc(NC(=O)c2csc(-c3cn(C)c4ncccc34)n2)c1. The molecule has 3 aromatic heterocycles. The van der Waals surface area contributed by atoms with Crippen LogP contribution < -0.4 is 5.32 Å². The van der Waals surface area contributed by atoms with E-state index >= 15 is 0 Å². The Morgan fingerprint density at radius 1 is 1.21 bits per heavy atom. The zero-order chi connectivity index (χ0) is 19.7. The predicted octanol–water partition coefficient (Wildman–Crippen LogP) is 3.74. The van der Waals surface area contributed by atoms with E-state index in [-0.39, 0.29) is 5.91 Å². The first kappa shape index (κ1) is 17.9. The topological polar surface area (TPSA) is 86.1 Å². The van der Waals surface area contributed by atoms with E-state index in [4.69, 9.17) is 4.74 Å². The van der Waals surface area contributed by atoms with Crippen molar-refractivity contribution in [2.75, 3.05) is 12.4 Å². The second-order valence-corrected chi connectivity index (χ2v) is 6.95. The summed E-state index contributed by atoms with van der Waals surface area (Å²) in [5.74, 6) is -0.806. The number of fused-ring (bicyclic) bond motifs is 1. The maximum absolute atomic E-state index is 12.6. The molecule has 0 aliphatic carbocycles. The molecule has 28 heavy (non-hydrogen) atoms. The molecule has 0 radical (unpaired) electrons. The lowest BCUT2D eigenvalue weighted by Gasteiger charge is -2.05. The quantitative estimate of drug-likeness (QED) is 0.535. The van der Waals surface area contributed by atoms with Gasteiger partial charge in [0.15, 0.2) is 0 Å². The number of hydrogen-bond acceptors (Lipinski definition) is 6. The predicted molar refractivity (Wildman–Crippen MR) is 108 cm³/mol. The van der Waals surface area contributed by atoms with E-state index in [1.165, 1.54) is 18.4 Å². The van der Waals surface area contributed by atoms with Crippen LogP contribution in [0.2, 0.25) is 0 Å². The third-order valence-corrected chi connectivity index (χ3v) is 5.12. The van der Waals surface area contributed by atoms with Gasteiger partial charge in [0, 0.05) is 41.5 Å². The number of methoxy groups -OCH3 is 1. The average Bonchev–Trinajstić information content (AvgIpc) is 3.33. The first-order chi connectivity index (χ1) is 13.6. The van der Waals surface area contributed by atoms with Gasteiger partial charge in [-0.3, -0.25) is 4.79 Å². The Morgan fingerprint density at radius 3 is 2.89 bits per heavy atom. The van der Waals surface area contributed by atoms with E-state index in [1.807, 2.05) is 29.9 Å². The van der Waals surface area contributed by atoms with Crippen LogP contribution in [0.1, 0.15) is 20.8 Å². The third kappa shape index (κ3) is 3.25. The first-order valence-corrected chi connectivity index (χ1v) is 9.30. The number of thiazole rings is 1. The molecule has 0 fully saturated rings.